The van der Waals surface area contributed by atoms with Crippen LogP contribution in [0.1, 0.15) is 12.8 Å². The number of hydrogen-bond acceptors (Lipinski definition) is 6. The Bertz CT molecular complexity index is 1590. The summed E-state index contributed by atoms with van der Waals surface area (Å²) in [5, 5.41) is 12.1. The fourth-order valence-corrected chi connectivity index (χ4v) is 4.03. The lowest BCUT2D eigenvalue weighted by Crippen LogP contribution is -2.42. The second-order valence-electron chi connectivity index (χ2n) is 8.47. The number of carbonyl (C=O) groups is 1. The van der Waals surface area contributed by atoms with Gasteiger partial charge in [0.05, 0.1) is 17.9 Å². The minimum Gasteiger partial charge on any atom is -0.445 e. The van der Waals surface area contributed by atoms with E-state index in [9.17, 15) is 18.0 Å². The van der Waals surface area contributed by atoms with Gasteiger partial charge in [-0.15, -0.1) is 0 Å². The maximum absolute atomic E-state index is 14.4. The highest BCUT2D eigenvalue weighted by Gasteiger charge is 2.47. The molecule has 5 aromatic rings. The third-order valence-corrected chi connectivity index (χ3v) is 5.88. The smallest absolute Gasteiger partial charge is 0.418 e. The third-order valence-electron chi connectivity index (χ3n) is 5.88. The summed E-state index contributed by atoms with van der Waals surface area (Å²) in [6, 6.07) is 10.7. The molecule has 0 aliphatic heterocycles. The Labute approximate surface area is 195 Å². The summed E-state index contributed by atoms with van der Waals surface area (Å²) in [6.45, 7) is 0. The van der Waals surface area contributed by atoms with Gasteiger partial charge >= 0.3 is 6.09 Å². The number of nitrogens with one attached hydrogen (secondary N) is 2. The number of rotatable bonds is 4. The average Bonchev–Trinajstić information content (AvgIpc) is 3.45. The van der Waals surface area contributed by atoms with Crippen LogP contribution in [0.3, 0.4) is 0 Å². The van der Waals surface area contributed by atoms with Gasteiger partial charge in [-0.1, -0.05) is 12.1 Å². The summed E-state index contributed by atoms with van der Waals surface area (Å²) < 4.78 is 46.8. The van der Waals surface area contributed by atoms with Gasteiger partial charge in [0.1, 0.15) is 6.10 Å². The number of ether oxygens (including phenoxy) is 1. The van der Waals surface area contributed by atoms with Crippen molar-refractivity contribution in [3.05, 3.63) is 67.0 Å². The minimum absolute atomic E-state index is 0.0105. The van der Waals surface area contributed by atoms with Crippen molar-refractivity contribution in [3.8, 4) is 11.4 Å². The van der Waals surface area contributed by atoms with Crippen LogP contribution < -0.4 is 5.32 Å². The van der Waals surface area contributed by atoms with Crippen molar-refractivity contribution in [3.63, 3.8) is 0 Å². The van der Waals surface area contributed by atoms with E-state index in [1.54, 1.807) is 42.9 Å². The first-order chi connectivity index (χ1) is 16.8. The van der Waals surface area contributed by atoms with Crippen molar-refractivity contribution in [1.82, 2.24) is 24.7 Å². The molecule has 3 aromatic heterocycles. The van der Waals surface area contributed by atoms with Crippen molar-refractivity contribution in [2.75, 3.05) is 5.32 Å². The Kier molecular flexibility index (Phi) is 4.73. The molecule has 0 amide bonds. The molecule has 176 valence electrons. The van der Waals surface area contributed by atoms with E-state index in [0.717, 1.165) is 22.5 Å². The summed E-state index contributed by atoms with van der Waals surface area (Å²) in [7, 11) is 0. The quantitative estimate of drug-likeness (QED) is 0.347. The number of benzene rings is 2. The molecule has 1 saturated carbocycles. The molecule has 0 saturated heterocycles. The number of H-pyrrole nitrogens is 1. The lowest BCUT2D eigenvalue weighted by Gasteiger charge is -2.33. The predicted octanol–water partition coefficient (Wildman–Crippen LogP) is 5.64. The summed E-state index contributed by atoms with van der Waals surface area (Å²) in [5.41, 5.74) is 2.10. The number of carbonyl (C=O) groups excluding carboxylic acids is 1. The first kappa shape index (κ1) is 21.1. The van der Waals surface area contributed by atoms with E-state index >= 15 is 0 Å². The van der Waals surface area contributed by atoms with E-state index in [2.05, 4.69) is 25.5 Å². The summed E-state index contributed by atoms with van der Waals surface area (Å²) in [5.74, 6) is -3.09. The molecule has 8 nitrogen and oxygen atoms in total. The zero-order valence-electron chi connectivity index (χ0n) is 18.0. The van der Waals surface area contributed by atoms with E-state index < -0.39 is 36.8 Å². The number of hydrogen-bond donors (Lipinski definition) is 2. The van der Waals surface area contributed by atoms with Gasteiger partial charge in [0.25, 0.3) is 5.92 Å². The van der Waals surface area contributed by atoms with E-state index in [0.29, 0.717) is 16.6 Å². The fourth-order valence-electron chi connectivity index (χ4n) is 4.03. The lowest BCUT2D eigenvalue weighted by molar-refractivity contribution is -0.144. The van der Waals surface area contributed by atoms with Crippen molar-refractivity contribution < 1.29 is 22.7 Å². The van der Waals surface area contributed by atoms with E-state index in [1.807, 2.05) is 12.1 Å². The van der Waals surface area contributed by atoms with Crippen molar-refractivity contribution in [1.29, 1.82) is 0 Å². The average molecular weight is 478 g/mol. The largest absolute Gasteiger partial charge is 0.445 e. The molecule has 0 unspecified atom stereocenters. The highest BCUT2D eigenvalue weighted by molar-refractivity contribution is 5.90. The van der Waals surface area contributed by atoms with Crippen molar-refractivity contribution in [2.24, 2.45) is 0 Å². The molecule has 3 heterocycles. The number of aromatic amines is 1. The zero-order valence-corrected chi connectivity index (χ0v) is 18.0. The van der Waals surface area contributed by atoms with Crippen LogP contribution in [0, 0.1) is 5.82 Å². The van der Waals surface area contributed by atoms with Gasteiger partial charge in [-0.05, 0) is 24.3 Å². The second kappa shape index (κ2) is 7.83. The van der Waals surface area contributed by atoms with Crippen LogP contribution in [0.4, 0.5) is 29.5 Å². The third kappa shape index (κ3) is 4.05. The predicted molar refractivity (Wildman–Crippen MR) is 122 cm³/mol. The van der Waals surface area contributed by atoms with Crippen molar-refractivity contribution >= 4 is 39.3 Å². The second-order valence-corrected chi connectivity index (χ2v) is 8.47. The molecule has 0 bridgehead atoms. The van der Waals surface area contributed by atoms with Crippen LogP contribution in [0.2, 0.25) is 0 Å². The van der Waals surface area contributed by atoms with Crippen LogP contribution in [-0.4, -0.2) is 42.9 Å². The number of fused-ring (bicyclic) bond motifs is 2. The Hall–Kier alpha value is -4.41. The molecule has 0 spiro atoms. The Morgan fingerprint density at radius 1 is 1.09 bits per heavy atom. The lowest BCUT2D eigenvalue weighted by atomic mass is 9.91. The standard InChI is InChI=1S/C24H17F3N6O2/c25-19-10-28-21(31-22(19)30-17-3-4-20-15(6-17)9-29-32-20)13-1-2-14-11-33(12-16(14)5-13)23(34)35-18-7-24(26,27)8-18/h1-6,9-12,18H,7-8H2,(H,29,32)(H,28,30,31). The number of aromatic nitrogens is 5. The fraction of sp³-hybridized carbons (Fsp3) is 0.167. The number of halogens is 3. The van der Waals surface area contributed by atoms with Crippen LogP contribution >= 0.6 is 0 Å². The molecule has 2 aromatic carbocycles. The number of anilines is 2. The van der Waals surface area contributed by atoms with Crippen LogP contribution in [0.15, 0.2) is 61.2 Å². The Morgan fingerprint density at radius 2 is 1.91 bits per heavy atom. The first-order valence-electron chi connectivity index (χ1n) is 10.8. The number of alkyl halides is 2. The first-order valence-corrected chi connectivity index (χ1v) is 10.8. The summed E-state index contributed by atoms with van der Waals surface area (Å²) in [4.78, 5) is 20.8. The van der Waals surface area contributed by atoms with Gasteiger partial charge in [0.15, 0.2) is 17.5 Å². The minimum atomic E-state index is -2.77. The molecular weight excluding hydrogens is 461 g/mol. The van der Waals surface area contributed by atoms with Gasteiger partial charge in [-0.3, -0.25) is 9.67 Å². The highest BCUT2D eigenvalue weighted by atomic mass is 19.3. The summed E-state index contributed by atoms with van der Waals surface area (Å²) >= 11 is 0. The van der Waals surface area contributed by atoms with Gasteiger partial charge in [0, 0.05) is 52.6 Å². The molecule has 1 aliphatic carbocycles. The van der Waals surface area contributed by atoms with Crippen molar-refractivity contribution in [2.45, 2.75) is 24.9 Å². The SMILES string of the molecule is O=C(OC1CC(F)(F)C1)n1cc2ccc(-c3ncc(F)c(Nc4ccc5[nH]ncc5c4)n3)cc2c1. The Morgan fingerprint density at radius 3 is 2.74 bits per heavy atom. The van der Waals surface area contributed by atoms with Gasteiger partial charge in [-0.25, -0.2) is 27.9 Å². The van der Waals surface area contributed by atoms with Crippen LogP contribution in [0.5, 0.6) is 0 Å². The molecule has 1 aliphatic rings. The van der Waals surface area contributed by atoms with Crippen LogP contribution in [-0.2, 0) is 4.74 Å². The monoisotopic (exact) mass is 478 g/mol. The molecule has 1 fully saturated rings. The van der Waals surface area contributed by atoms with E-state index in [4.69, 9.17) is 4.74 Å². The summed E-state index contributed by atoms with van der Waals surface area (Å²) in [6.07, 6.45) is 3.43. The molecular formula is C24H17F3N6O2. The molecule has 0 atom stereocenters. The maximum Gasteiger partial charge on any atom is 0.418 e. The van der Waals surface area contributed by atoms with E-state index in [-0.39, 0.29) is 11.6 Å². The normalized spacial score (nSPS) is 15.3. The zero-order chi connectivity index (χ0) is 24.2. The van der Waals surface area contributed by atoms with E-state index in [1.165, 1.54) is 4.57 Å². The maximum atomic E-state index is 14.4. The van der Waals surface area contributed by atoms with Gasteiger partial charge < -0.3 is 10.1 Å². The Balaban J connectivity index is 1.24. The van der Waals surface area contributed by atoms with Crippen LogP contribution in [0.25, 0.3) is 33.1 Å². The highest BCUT2D eigenvalue weighted by Crippen LogP contribution is 2.39. The molecule has 11 heteroatoms. The molecule has 0 radical (unpaired) electrons. The molecule has 6 rings (SSSR count). The number of nitrogens with zero attached hydrogens (tertiary/aromatic N) is 4. The molecule has 2 N–H and O–H groups in total. The van der Waals surface area contributed by atoms with Gasteiger partial charge in [0.2, 0.25) is 0 Å². The molecule has 35 heavy (non-hydrogen) atoms. The van der Waals surface area contributed by atoms with Gasteiger partial charge in [-0.2, -0.15) is 5.10 Å². The topological polar surface area (TPSA) is 97.7 Å².